The first-order chi connectivity index (χ1) is 9.27. The second-order valence-electron chi connectivity index (χ2n) is 7.51. The van der Waals surface area contributed by atoms with Gasteiger partial charge in [-0.2, -0.15) is 0 Å². The Morgan fingerprint density at radius 1 is 1.15 bits per heavy atom. The van der Waals surface area contributed by atoms with E-state index in [-0.39, 0.29) is 17.2 Å². The van der Waals surface area contributed by atoms with Gasteiger partial charge in [-0.1, -0.05) is 40.0 Å². The quantitative estimate of drug-likeness (QED) is 0.835. The van der Waals surface area contributed by atoms with Crippen LogP contribution in [0.1, 0.15) is 65.7 Å². The molecule has 0 spiro atoms. The summed E-state index contributed by atoms with van der Waals surface area (Å²) in [6.45, 7) is 6.30. The Hall–Kier alpha value is -1.06. The summed E-state index contributed by atoms with van der Waals surface area (Å²) in [5.74, 6) is -0.607. The molecule has 0 aliphatic heterocycles. The minimum Gasteiger partial charge on any atom is -0.480 e. The zero-order chi connectivity index (χ0) is 15.0. The molecular weight excluding hydrogens is 254 g/mol. The Bertz CT molecular complexity index is 405. The van der Waals surface area contributed by atoms with Gasteiger partial charge in [0.2, 0.25) is 5.91 Å². The van der Waals surface area contributed by atoms with E-state index in [9.17, 15) is 14.7 Å². The van der Waals surface area contributed by atoms with E-state index in [0.717, 1.165) is 32.1 Å². The van der Waals surface area contributed by atoms with Crippen molar-refractivity contribution >= 4 is 11.9 Å². The highest BCUT2D eigenvalue weighted by molar-refractivity contribution is 5.88. The first kappa shape index (κ1) is 15.3. The Morgan fingerprint density at radius 2 is 1.80 bits per heavy atom. The highest BCUT2D eigenvalue weighted by Crippen LogP contribution is 2.43. The molecule has 2 aliphatic carbocycles. The lowest BCUT2D eigenvalue weighted by Gasteiger charge is -2.39. The molecule has 4 nitrogen and oxygen atoms in total. The minimum atomic E-state index is -1.03. The van der Waals surface area contributed by atoms with Crippen LogP contribution >= 0.6 is 0 Å². The predicted octanol–water partition coefficient (Wildman–Crippen LogP) is 2.96. The second-order valence-corrected chi connectivity index (χ2v) is 7.51. The molecule has 0 aromatic carbocycles. The van der Waals surface area contributed by atoms with Gasteiger partial charge in [-0.05, 0) is 37.0 Å². The van der Waals surface area contributed by atoms with Gasteiger partial charge in [0.1, 0.15) is 5.54 Å². The summed E-state index contributed by atoms with van der Waals surface area (Å²) in [4.78, 5) is 24.3. The van der Waals surface area contributed by atoms with Crippen molar-refractivity contribution in [1.29, 1.82) is 0 Å². The van der Waals surface area contributed by atoms with Gasteiger partial charge >= 0.3 is 5.97 Å². The number of hydrogen-bond donors (Lipinski definition) is 2. The largest absolute Gasteiger partial charge is 0.480 e. The lowest BCUT2D eigenvalue weighted by molar-refractivity contribution is -0.151. The van der Waals surface area contributed by atoms with Gasteiger partial charge in [-0.3, -0.25) is 4.79 Å². The van der Waals surface area contributed by atoms with Crippen LogP contribution in [0.5, 0.6) is 0 Å². The van der Waals surface area contributed by atoms with Crippen LogP contribution in [0.4, 0.5) is 0 Å². The fourth-order valence-electron chi connectivity index (χ4n) is 4.05. The molecule has 3 unspecified atom stereocenters. The number of carboxylic acids is 1. The molecule has 2 saturated carbocycles. The lowest BCUT2D eigenvalue weighted by Crippen LogP contribution is -2.58. The van der Waals surface area contributed by atoms with Gasteiger partial charge in [0.15, 0.2) is 0 Å². The SMILES string of the molecule is CC1CCCC(NC(=O)C2CCCC2(C)C)(C(=O)O)C1. The van der Waals surface area contributed by atoms with Crippen molar-refractivity contribution in [3.8, 4) is 0 Å². The third kappa shape index (κ3) is 2.84. The molecule has 20 heavy (non-hydrogen) atoms. The summed E-state index contributed by atoms with van der Waals surface area (Å²) in [6, 6.07) is 0. The van der Waals surface area contributed by atoms with Crippen molar-refractivity contribution in [2.45, 2.75) is 71.3 Å². The van der Waals surface area contributed by atoms with Gasteiger partial charge in [0.05, 0.1) is 0 Å². The minimum absolute atomic E-state index is 0.00986. The van der Waals surface area contributed by atoms with Crippen LogP contribution in [0.25, 0.3) is 0 Å². The fourth-order valence-corrected chi connectivity index (χ4v) is 4.05. The molecule has 4 heteroatoms. The molecule has 3 atom stereocenters. The highest BCUT2D eigenvalue weighted by atomic mass is 16.4. The number of hydrogen-bond acceptors (Lipinski definition) is 2. The number of nitrogens with one attached hydrogen (secondary N) is 1. The van der Waals surface area contributed by atoms with Crippen LogP contribution in [0.2, 0.25) is 0 Å². The molecule has 0 saturated heterocycles. The number of amides is 1. The molecule has 2 fully saturated rings. The van der Waals surface area contributed by atoms with Crippen LogP contribution in [0.3, 0.4) is 0 Å². The van der Waals surface area contributed by atoms with E-state index in [0.29, 0.717) is 18.8 Å². The number of carbonyl (C=O) groups excluding carboxylic acids is 1. The standard InChI is InChI=1S/C16H27NO3/c1-11-6-4-9-16(10-11,14(19)20)17-13(18)12-7-5-8-15(12,2)3/h11-12H,4-10H2,1-3H3,(H,17,18)(H,19,20). The molecule has 2 rings (SSSR count). The second kappa shape index (κ2) is 5.38. The van der Waals surface area contributed by atoms with E-state index in [2.05, 4.69) is 26.1 Å². The van der Waals surface area contributed by atoms with Crippen LogP contribution in [0.15, 0.2) is 0 Å². The zero-order valence-corrected chi connectivity index (χ0v) is 12.9. The number of aliphatic carboxylic acids is 1. The van der Waals surface area contributed by atoms with E-state index in [1.165, 1.54) is 0 Å². The Balaban J connectivity index is 2.12. The Kier molecular flexibility index (Phi) is 4.12. The van der Waals surface area contributed by atoms with E-state index in [1.807, 2.05) is 0 Å². The molecule has 2 N–H and O–H groups in total. The van der Waals surface area contributed by atoms with Crippen molar-refractivity contribution in [3.63, 3.8) is 0 Å². The first-order valence-electron chi connectivity index (χ1n) is 7.82. The third-order valence-corrected chi connectivity index (χ3v) is 5.34. The Labute approximate surface area is 121 Å². The molecule has 0 bridgehead atoms. The maximum atomic E-state index is 12.6. The summed E-state index contributed by atoms with van der Waals surface area (Å²) in [5.41, 5.74) is -1.04. The highest BCUT2D eigenvalue weighted by Gasteiger charge is 2.47. The van der Waals surface area contributed by atoms with E-state index < -0.39 is 11.5 Å². The average molecular weight is 281 g/mol. The number of rotatable bonds is 3. The predicted molar refractivity (Wildman–Crippen MR) is 77.3 cm³/mol. The molecule has 114 valence electrons. The van der Waals surface area contributed by atoms with Crippen molar-refractivity contribution in [2.24, 2.45) is 17.3 Å². The summed E-state index contributed by atoms with van der Waals surface area (Å²) in [5, 5.41) is 12.5. The maximum Gasteiger partial charge on any atom is 0.329 e. The maximum absolute atomic E-state index is 12.6. The van der Waals surface area contributed by atoms with Crippen LogP contribution in [0, 0.1) is 17.3 Å². The molecule has 0 aromatic heterocycles. The van der Waals surface area contributed by atoms with Crippen molar-refractivity contribution < 1.29 is 14.7 Å². The lowest BCUT2D eigenvalue weighted by atomic mass is 9.75. The molecule has 0 radical (unpaired) electrons. The molecule has 2 aliphatic rings. The van der Waals surface area contributed by atoms with E-state index >= 15 is 0 Å². The average Bonchev–Trinajstić information content (AvgIpc) is 2.68. The summed E-state index contributed by atoms with van der Waals surface area (Å²) in [6.07, 6.45) is 6.03. The third-order valence-electron chi connectivity index (χ3n) is 5.34. The van der Waals surface area contributed by atoms with Gasteiger partial charge in [0, 0.05) is 5.92 Å². The summed E-state index contributed by atoms with van der Waals surface area (Å²) in [7, 11) is 0. The molecule has 0 heterocycles. The first-order valence-corrected chi connectivity index (χ1v) is 7.82. The van der Waals surface area contributed by atoms with Crippen molar-refractivity contribution in [1.82, 2.24) is 5.32 Å². The van der Waals surface area contributed by atoms with Gasteiger partial charge in [-0.25, -0.2) is 4.79 Å². The van der Waals surface area contributed by atoms with Gasteiger partial charge in [0.25, 0.3) is 0 Å². The Morgan fingerprint density at radius 3 is 2.30 bits per heavy atom. The molecule has 1 amide bonds. The van der Waals surface area contributed by atoms with Crippen LogP contribution < -0.4 is 5.32 Å². The number of carboxylic acid groups (broad SMARTS) is 1. The van der Waals surface area contributed by atoms with Gasteiger partial charge < -0.3 is 10.4 Å². The summed E-state index contributed by atoms with van der Waals surface area (Å²) < 4.78 is 0. The molecule has 0 aromatic rings. The monoisotopic (exact) mass is 281 g/mol. The fraction of sp³-hybridized carbons (Fsp3) is 0.875. The van der Waals surface area contributed by atoms with Crippen molar-refractivity contribution in [2.75, 3.05) is 0 Å². The van der Waals surface area contributed by atoms with Crippen LogP contribution in [-0.4, -0.2) is 22.5 Å². The molecular formula is C16H27NO3. The smallest absolute Gasteiger partial charge is 0.329 e. The normalized spacial score (nSPS) is 36.5. The van der Waals surface area contributed by atoms with E-state index in [1.54, 1.807) is 0 Å². The zero-order valence-electron chi connectivity index (χ0n) is 12.9. The van der Waals surface area contributed by atoms with Gasteiger partial charge in [-0.15, -0.1) is 0 Å². The topological polar surface area (TPSA) is 66.4 Å². The van der Waals surface area contributed by atoms with Crippen molar-refractivity contribution in [3.05, 3.63) is 0 Å². The number of carbonyl (C=O) groups is 2. The van der Waals surface area contributed by atoms with E-state index in [4.69, 9.17) is 0 Å². The summed E-state index contributed by atoms with van der Waals surface area (Å²) >= 11 is 0. The van der Waals surface area contributed by atoms with Crippen LogP contribution in [-0.2, 0) is 9.59 Å².